The summed E-state index contributed by atoms with van der Waals surface area (Å²) in [5, 5.41) is 43.8. The molecule has 12 atom stereocenters. The lowest BCUT2D eigenvalue weighted by Gasteiger charge is -2.50. The van der Waals surface area contributed by atoms with Gasteiger partial charge >= 0.3 is 17.9 Å². The highest BCUT2D eigenvalue weighted by molar-refractivity contribution is 5.90. The molecule has 0 spiro atoms. The first-order valence-electron chi connectivity index (χ1n) is 17.7. The lowest BCUT2D eigenvalue weighted by Crippen LogP contribution is -2.59. The van der Waals surface area contributed by atoms with E-state index in [4.69, 9.17) is 28.8 Å². The van der Waals surface area contributed by atoms with Crippen molar-refractivity contribution in [2.24, 2.45) is 35.5 Å². The first-order valence-corrected chi connectivity index (χ1v) is 17.7. The molecular weight excluding hydrogens is 660 g/mol. The zero-order valence-electron chi connectivity index (χ0n) is 31.9. The molecule has 2 aliphatic rings. The number of aliphatic carboxylic acids is 1. The van der Waals surface area contributed by atoms with Crippen molar-refractivity contribution in [2.45, 2.75) is 118 Å². The standard InChI is InChI=1S/C39H60O12/c1-21(2)36-26(7)31(49-33(42)16-15-32(40)41)20-39(46,51-36)28(9)35(44)27(8)37-29(47-10)14-12-13-22(3)17-24(5)34(43)25(6)18-23(4)19-30(48-11)38(45)50-37/h12-16,18-19,21,24-29,31,34-37,43-44,46H,17,20H2,1-11H3,(H,40,41)/b14-12+,16-15+,22-13-,23-18+,30-19-/t24-,25+,26-,27-,28-,29-,31+,34-,35+,36+,37+,39+/m0/s1. The van der Waals surface area contributed by atoms with E-state index in [9.17, 15) is 29.7 Å². The highest BCUT2D eigenvalue weighted by atomic mass is 16.6. The van der Waals surface area contributed by atoms with Crippen LogP contribution in [0.3, 0.4) is 0 Å². The fraction of sp³-hybridized carbons (Fsp3) is 0.667. The van der Waals surface area contributed by atoms with Gasteiger partial charge in [0.1, 0.15) is 18.3 Å². The van der Waals surface area contributed by atoms with Crippen LogP contribution < -0.4 is 0 Å². The first kappa shape index (κ1) is 43.9. The van der Waals surface area contributed by atoms with Gasteiger partial charge in [-0.25, -0.2) is 14.4 Å². The van der Waals surface area contributed by atoms with E-state index in [-0.39, 0.29) is 35.9 Å². The Morgan fingerprint density at radius 2 is 1.71 bits per heavy atom. The highest BCUT2D eigenvalue weighted by Gasteiger charge is 2.53. The molecule has 4 N–H and O–H groups in total. The zero-order valence-corrected chi connectivity index (χ0v) is 31.9. The van der Waals surface area contributed by atoms with Gasteiger partial charge in [0.05, 0.1) is 25.4 Å². The summed E-state index contributed by atoms with van der Waals surface area (Å²) in [5.74, 6) is -7.68. The average molecular weight is 721 g/mol. The van der Waals surface area contributed by atoms with Crippen LogP contribution >= 0.6 is 0 Å². The van der Waals surface area contributed by atoms with Gasteiger partial charge in [-0.2, -0.15) is 0 Å². The molecule has 0 aromatic heterocycles. The van der Waals surface area contributed by atoms with E-state index in [0.29, 0.717) is 18.1 Å². The van der Waals surface area contributed by atoms with Crippen LogP contribution in [-0.4, -0.2) is 95.0 Å². The lowest BCUT2D eigenvalue weighted by molar-refractivity contribution is -0.329. The number of carboxylic acid groups (broad SMARTS) is 1. The number of allylic oxidation sites excluding steroid dienone is 5. The van der Waals surface area contributed by atoms with Crippen LogP contribution in [0.2, 0.25) is 0 Å². The molecule has 0 aromatic rings. The highest BCUT2D eigenvalue weighted by Crippen LogP contribution is 2.42. The van der Waals surface area contributed by atoms with Crippen LogP contribution in [-0.2, 0) is 38.1 Å². The fourth-order valence-electron chi connectivity index (χ4n) is 7.00. The number of hydrogen-bond acceptors (Lipinski definition) is 11. The Hall–Kier alpha value is -3.29. The predicted octanol–water partition coefficient (Wildman–Crippen LogP) is 4.88. The summed E-state index contributed by atoms with van der Waals surface area (Å²) in [4.78, 5) is 37.1. The molecule has 0 bridgehead atoms. The van der Waals surface area contributed by atoms with E-state index in [1.54, 1.807) is 32.9 Å². The Kier molecular flexibility index (Phi) is 16.8. The van der Waals surface area contributed by atoms with Crippen molar-refractivity contribution < 1.29 is 58.5 Å². The molecule has 288 valence electrons. The van der Waals surface area contributed by atoms with Crippen molar-refractivity contribution in [3.63, 3.8) is 0 Å². The molecule has 0 amide bonds. The smallest absolute Gasteiger partial charge is 0.373 e. The molecule has 0 aliphatic carbocycles. The second kappa shape index (κ2) is 19.5. The normalized spacial score (nSPS) is 37.1. The maximum atomic E-state index is 13.6. The number of hydrogen-bond donors (Lipinski definition) is 4. The molecule has 0 unspecified atom stereocenters. The topological polar surface area (TPSA) is 178 Å². The van der Waals surface area contributed by atoms with Crippen LogP contribution in [0.15, 0.2) is 59.4 Å². The summed E-state index contributed by atoms with van der Waals surface area (Å²) in [5.41, 5.74) is 1.70. The number of cyclic esters (lactones) is 1. The molecule has 0 aromatic carbocycles. The zero-order chi connectivity index (χ0) is 38.8. The summed E-state index contributed by atoms with van der Waals surface area (Å²) >= 11 is 0. The quantitative estimate of drug-likeness (QED) is 0.178. The van der Waals surface area contributed by atoms with Crippen molar-refractivity contribution >= 4 is 17.9 Å². The molecule has 51 heavy (non-hydrogen) atoms. The van der Waals surface area contributed by atoms with Crippen molar-refractivity contribution in [1.82, 2.24) is 0 Å². The third-order valence-corrected chi connectivity index (χ3v) is 10.1. The predicted molar refractivity (Wildman–Crippen MR) is 191 cm³/mol. The number of carbonyl (C=O) groups is 3. The fourth-order valence-corrected chi connectivity index (χ4v) is 7.00. The minimum atomic E-state index is -1.99. The Morgan fingerprint density at radius 3 is 2.27 bits per heavy atom. The van der Waals surface area contributed by atoms with Gasteiger partial charge < -0.3 is 44.1 Å². The van der Waals surface area contributed by atoms with E-state index in [0.717, 1.165) is 11.6 Å². The minimum Gasteiger partial charge on any atom is -0.490 e. The van der Waals surface area contributed by atoms with E-state index < -0.39 is 72.2 Å². The summed E-state index contributed by atoms with van der Waals surface area (Å²) in [6, 6.07) is 0. The number of esters is 2. The van der Waals surface area contributed by atoms with Crippen LogP contribution in [0.5, 0.6) is 0 Å². The van der Waals surface area contributed by atoms with Gasteiger partial charge in [0.2, 0.25) is 5.76 Å². The molecule has 12 heteroatoms. The maximum absolute atomic E-state index is 13.6. The Morgan fingerprint density at radius 1 is 1.06 bits per heavy atom. The lowest BCUT2D eigenvalue weighted by atomic mass is 9.76. The molecule has 2 rings (SSSR count). The van der Waals surface area contributed by atoms with E-state index in [1.807, 2.05) is 53.7 Å². The molecule has 2 aliphatic heterocycles. The van der Waals surface area contributed by atoms with Gasteiger partial charge in [-0.05, 0) is 38.2 Å². The monoisotopic (exact) mass is 720 g/mol. The van der Waals surface area contributed by atoms with Gasteiger partial charge in [0, 0.05) is 49.4 Å². The molecule has 12 nitrogen and oxygen atoms in total. The minimum absolute atomic E-state index is 0.0458. The molecule has 1 saturated heterocycles. The Bertz CT molecular complexity index is 1350. The molecular formula is C39H60O12. The van der Waals surface area contributed by atoms with Crippen LogP contribution in [0.25, 0.3) is 0 Å². The molecule has 0 radical (unpaired) electrons. The first-order chi connectivity index (χ1) is 23.8. The van der Waals surface area contributed by atoms with E-state index >= 15 is 0 Å². The molecule has 2 heterocycles. The number of aliphatic hydroxyl groups is 3. The molecule has 1 fully saturated rings. The number of ether oxygens (including phenoxy) is 5. The molecule has 0 saturated carbocycles. The van der Waals surface area contributed by atoms with Gasteiger partial charge in [0.15, 0.2) is 5.79 Å². The Labute approximate surface area is 302 Å². The largest absolute Gasteiger partial charge is 0.490 e. The summed E-state index contributed by atoms with van der Waals surface area (Å²) in [6.45, 7) is 16.5. The Balaban J connectivity index is 2.55. The maximum Gasteiger partial charge on any atom is 0.373 e. The third kappa shape index (κ3) is 12.1. The van der Waals surface area contributed by atoms with Gasteiger partial charge in [0.25, 0.3) is 0 Å². The second-order valence-electron chi connectivity index (χ2n) is 14.6. The van der Waals surface area contributed by atoms with Gasteiger partial charge in [-0.1, -0.05) is 83.9 Å². The van der Waals surface area contributed by atoms with Crippen molar-refractivity contribution in [3.05, 3.63) is 59.4 Å². The van der Waals surface area contributed by atoms with Crippen LogP contribution in [0.4, 0.5) is 0 Å². The summed E-state index contributed by atoms with van der Waals surface area (Å²) in [6.07, 6.45) is 5.37. The van der Waals surface area contributed by atoms with E-state index in [1.165, 1.54) is 20.3 Å². The number of aliphatic hydroxyl groups excluding tert-OH is 2. The van der Waals surface area contributed by atoms with Crippen molar-refractivity contribution in [1.29, 1.82) is 0 Å². The average Bonchev–Trinajstić information content (AvgIpc) is 3.06. The van der Waals surface area contributed by atoms with Gasteiger partial charge in [-0.3, -0.25) is 0 Å². The number of carboxylic acids is 1. The van der Waals surface area contributed by atoms with Crippen LogP contribution in [0.1, 0.15) is 75.2 Å². The van der Waals surface area contributed by atoms with E-state index in [2.05, 4.69) is 0 Å². The summed E-state index contributed by atoms with van der Waals surface area (Å²) < 4.78 is 29.1. The number of carbonyl (C=O) groups excluding carboxylic acids is 2. The third-order valence-electron chi connectivity index (χ3n) is 10.1. The summed E-state index contributed by atoms with van der Waals surface area (Å²) in [7, 11) is 2.80. The number of rotatable bonds is 10. The number of methoxy groups -OCH3 is 2. The van der Waals surface area contributed by atoms with Crippen molar-refractivity contribution in [2.75, 3.05) is 14.2 Å². The van der Waals surface area contributed by atoms with Crippen molar-refractivity contribution in [3.8, 4) is 0 Å². The van der Waals surface area contributed by atoms with Crippen LogP contribution in [0, 0.1) is 35.5 Å². The second-order valence-corrected chi connectivity index (χ2v) is 14.6. The SMILES string of the molecule is CO/C1=C\C(C)=C\[C@@H](C)[C@@H](O)[C@@H](C)C/C(C)=C\C=C\[C@H](OC)[C@@H]([C@@H](C)[C@@H](O)[C@H](C)[C@@]2(O)C[C@@H](OC(=O)/C=C/C(=O)O)[C@H](C)[C@@H](C(C)C)O2)OC1=O. The van der Waals surface area contributed by atoms with Gasteiger partial charge in [-0.15, -0.1) is 0 Å².